The van der Waals surface area contributed by atoms with E-state index in [4.69, 9.17) is 9.47 Å². The van der Waals surface area contributed by atoms with Gasteiger partial charge in [-0.25, -0.2) is 0 Å². The van der Waals surface area contributed by atoms with Gasteiger partial charge in [-0.3, -0.25) is 0 Å². The number of aliphatic hydroxyl groups is 1. The second kappa shape index (κ2) is 5.47. The Bertz CT molecular complexity index is 435. The van der Waals surface area contributed by atoms with Gasteiger partial charge in [0.05, 0.1) is 18.8 Å². The zero-order chi connectivity index (χ0) is 14.1. The van der Waals surface area contributed by atoms with Crippen molar-refractivity contribution in [2.45, 2.75) is 50.4 Å². The van der Waals surface area contributed by atoms with Crippen LogP contribution in [0.5, 0.6) is 0 Å². The predicted octanol–water partition coefficient (Wildman–Crippen LogP) is 3.22. The van der Waals surface area contributed by atoms with Crippen molar-refractivity contribution in [3.8, 4) is 0 Å². The predicted molar refractivity (Wildman–Crippen MR) is 77.2 cm³/mol. The van der Waals surface area contributed by atoms with Gasteiger partial charge in [-0.15, -0.1) is 0 Å². The van der Waals surface area contributed by atoms with Gasteiger partial charge in [-0.2, -0.15) is 0 Å². The molecule has 1 N–H and O–H groups in total. The summed E-state index contributed by atoms with van der Waals surface area (Å²) in [5.74, 6) is -0.0237. The molecule has 1 aliphatic heterocycles. The summed E-state index contributed by atoms with van der Waals surface area (Å²) in [6.45, 7) is 3.36. The lowest BCUT2D eigenvalue weighted by molar-refractivity contribution is -0.150. The van der Waals surface area contributed by atoms with E-state index in [9.17, 15) is 5.11 Å². The Balaban J connectivity index is 1.63. The topological polar surface area (TPSA) is 38.7 Å². The molecule has 0 amide bonds. The molecule has 0 radical (unpaired) electrons. The lowest BCUT2D eigenvalue weighted by Crippen LogP contribution is -2.31. The van der Waals surface area contributed by atoms with E-state index in [1.54, 1.807) is 0 Å². The van der Waals surface area contributed by atoms with E-state index in [-0.39, 0.29) is 0 Å². The molecular weight excluding hydrogens is 252 g/mol. The normalized spacial score (nSPS) is 24.5. The highest BCUT2D eigenvalue weighted by atomic mass is 16.7. The summed E-state index contributed by atoms with van der Waals surface area (Å²) in [7, 11) is 0. The molecule has 3 heteroatoms. The van der Waals surface area contributed by atoms with E-state index >= 15 is 0 Å². The maximum Gasteiger partial charge on any atom is 0.165 e. The molecule has 1 unspecified atom stereocenters. The highest BCUT2D eigenvalue weighted by Crippen LogP contribution is 2.48. The lowest BCUT2D eigenvalue weighted by atomic mass is 9.83. The molecule has 1 heterocycles. The average Bonchev–Trinajstić information content (AvgIpc) is 3.23. The van der Waals surface area contributed by atoms with Crippen molar-refractivity contribution >= 4 is 0 Å². The van der Waals surface area contributed by atoms with Gasteiger partial charge in [-0.05, 0) is 44.1 Å². The molecule has 0 aromatic heterocycles. The highest BCUT2D eigenvalue weighted by molar-refractivity contribution is 5.24. The lowest BCUT2D eigenvalue weighted by Gasteiger charge is -2.30. The van der Waals surface area contributed by atoms with Crippen molar-refractivity contribution in [1.29, 1.82) is 0 Å². The zero-order valence-corrected chi connectivity index (χ0v) is 12.2. The average molecular weight is 276 g/mol. The molecule has 2 aliphatic rings. The molecule has 3 rings (SSSR count). The Hall–Kier alpha value is -0.900. The Morgan fingerprint density at radius 2 is 1.85 bits per heavy atom. The fraction of sp³-hybridized carbons (Fsp3) is 0.647. The minimum atomic E-state index is -0.670. The van der Waals surface area contributed by atoms with Crippen molar-refractivity contribution in [1.82, 2.24) is 0 Å². The standard InChI is InChI=1S/C17H24O3/c1-16(19-12-13-20-16)10-5-11-17(18,15-8-9-15)14-6-3-2-4-7-14/h2-4,6-7,15,18H,5,8-13H2,1H3. The molecule has 110 valence electrons. The van der Waals surface area contributed by atoms with Crippen LogP contribution < -0.4 is 0 Å². The van der Waals surface area contributed by atoms with Crippen LogP contribution in [0.2, 0.25) is 0 Å². The van der Waals surface area contributed by atoms with Crippen LogP contribution in [0.1, 0.15) is 44.6 Å². The van der Waals surface area contributed by atoms with Crippen LogP contribution in [0.4, 0.5) is 0 Å². The van der Waals surface area contributed by atoms with Crippen LogP contribution >= 0.6 is 0 Å². The van der Waals surface area contributed by atoms with E-state index < -0.39 is 11.4 Å². The largest absolute Gasteiger partial charge is 0.385 e. The van der Waals surface area contributed by atoms with E-state index in [1.165, 1.54) is 0 Å². The monoisotopic (exact) mass is 276 g/mol. The number of ether oxygens (including phenoxy) is 2. The van der Waals surface area contributed by atoms with Gasteiger partial charge in [0.25, 0.3) is 0 Å². The summed E-state index contributed by atoms with van der Waals surface area (Å²) in [5, 5.41) is 11.1. The first-order valence-corrected chi connectivity index (χ1v) is 7.68. The molecule has 1 aromatic carbocycles. The molecule has 20 heavy (non-hydrogen) atoms. The van der Waals surface area contributed by atoms with Gasteiger partial charge < -0.3 is 14.6 Å². The number of hydrogen-bond donors (Lipinski definition) is 1. The summed E-state index contributed by atoms with van der Waals surface area (Å²) >= 11 is 0. The van der Waals surface area contributed by atoms with Crippen LogP contribution in [-0.2, 0) is 15.1 Å². The Morgan fingerprint density at radius 1 is 1.20 bits per heavy atom. The molecule has 1 atom stereocenters. The Morgan fingerprint density at radius 3 is 2.45 bits per heavy atom. The molecule has 1 saturated heterocycles. The molecule has 3 nitrogen and oxygen atoms in total. The molecule has 2 fully saturated rings. The second-order valence-corrected chi connectivity index (χ2v) is 6.25. The zero-order valence-electron chi connectivity index (χ0n) is 12.2. The van der Waals surface area contributed by atoms with Crippen molar-refractivity contribution in [2.24, 2.45) is 5.92 Å². The molecule has 0 bridgehead atoms. The van der Waals surface area contributed by atoms with Crippen LogP contribution in [0.25, 0.3) is 0 Å². The summed E-state index contributed by atoms with van der Waals surface area (Å²) in [4.78, 5) is 0. The van der Waals surface area contributed by atoms with Crippen molar-refractivity contribution in [3.63, 3.8) is 0 Å². The fourth-order valence-electron chi connectivity index (χ4n) is 3.25. The fourth-order valence-corrected chi connectivity index (χ4v) is 3.25. The maximum absolute atomic E-state index is 11.1. The summed E-state index contributed by atoms with van der Waals surface area (Å²) in [6.07, 6.45) is 4.81. The van der Waals surface area contributed by atoms with Gasteiger partial charge in [-0.1, -0.05) is 30.3 Å². The molecule has 0 spiro atoms. The maximum atomic E-state index is 11.1. The minimum absolute atomic E-state index is 0.420. The Labute approximate surface area is 120 Å². The van der Waals surface area contributed by atoms with E-state index in [1.807, 2.05) is 37.3 Å². The third kappa shape index (κ3) is 2.90. The summed E-state index contributed by atoms with van der Waals surface area (Å²) in [5.41, 5.74) is 0.386. The van der Waals surface area contributed by atoms with Gasteiger partial charge in [0.1, 0.15) is 0 Å². The smallest absolute Gasteiger partial charge is 0.165 e. The first-order valence-electron chi connectivity index (χ1n) is 7.68. The van der Waals surface area contributed by atoms with Crippen molar-refractivity contribution in [2.75, 3.05) is 13.2 Å². The SMILES string of the molecule is CC1(CCCC(O)(c2ccccc2)C2CC2)OCCO1. The highest BCUT2D eigenvalue weighted by Gasteiger charge is 2.45. The quantitative estimate of drug-likeness (QED) is 0.867. The van der Waals surface area contributed by atoms with E-state index in [0.717, 1.165) is 37.7 Å². The van der Waals surface area contributed by atoms with Crippen LogP contribution in [-0.4, -0.2) is 24.1 Å². The molecule has 1 aromatic rings. The summed E-state index contributed by atoms with van der Waals surface area (Å²) < 4.78 is 11.3. The van der Waals surface area contributed by atoms with E-state index in [2.05, 4.69) is 0 Å². The number of hydrogen-bond acceptors (Lipinski definition) is 3. The van der Waals surface area contributed by atoms with Crippen molar-refractivity contribution < 1.29 is 14.6 Å². The minimum Gasteiger partial charge on any atom is -0.385 e. The third-order valence-electron chi connectivity index (χ3n) is 4.61. The van der Waals surface area contributed by atoms with Gasteiger partial charge in [0.2, 0.25) is 0 Å². The first kappa shape index (κ1) is 14.1. The van der Waals surface area contributed by atoms with E-state index in [0.29, 0.717) is 19.1 Å². The van der Waals surface area contributed by atoms with Crippen LogP contribution in [0, 0.1) is 5.92 Å². The van der Waals surface area contributed by atoms with Gasteiger partial charge in [0.15, 0.2) is 5.79 Å². The third-order valence-corrected chi connectivity index (χ3v) is 4.61. The van der Waals surface area contributed by atoms with Gasteiger partial charge in [0, 0.05) is 6.42 Å². The second-order valence-electron chi connectivity index (χ2n) is 6.25. The molecule has 1 saturated carbocycles. The first-order chi connectivity index (χ1) is 9.62. The van der Waals surface area contributed by atoms with Crippen molar-refractivity contribution in [3.05, 3.63) is 35.9 Å². The van der Waals surface area contributed by atoms with Crippen LogP contribution in [0.3, 0.4) is 0 Å². The van der Waals surface area contributed by atoms with Gasteiger partial charge >= 0.3 is 0 Å². The Kier molecular flexibility index (Phi) is 3.85. The number of rotatable bonds is 6. The molecular formula is C17H24O3. The van der Waals surface area contributed by atoms with Crippen LogP contribution in [0.15, 0.2) is 30.3 Å². The molecule has 1 aliphatic carbocycles. The summed E-state index contributed by atoms with van der Waals surface area (Å²) in [6, 6.07) is 10.1. The number of benzene rings is 1.